The maximum absolute atomic E-state index is 13.3. The second-order valence-electron chi connectivity index (χ2n) is 12.3. The number of hydrogen-bond acceptors (Lipinski definition) is 4. The van der Waals surface area contributed by atoms with E-state index in [-0.39, 0.29) is 35.4 Å². The van der Waals surface area contributed by atoms with Crippen LogP contribution in [0.3, 0.4) is 0 Å². The average Bonchev–Trinajstić information content (AvgIpc) is 2.96. The van der Waals surface area contributed by atoms with Crippen LogP contribution in [-0.4, -0.2) is 54.7 Å². The van der Waals surface area contributed by atoms with Gasteiger partial charge in [-0.05, 0) is 74.6 Å². The molecule has 1 heterocycles. The Bertz CT molecular complexity index is 934. The molecular formula is C32H49N3O3. The Morgan fingerprint density at radius 2 is 1.63 bits per heavy atom. The van der Waals surface area contributed by atoms with E-state index >= 15 is 0 Å². The smallest absolute Gasteiger partial charge is 0.251 e. The molecule has 1 unspecified atom stereocenters. The molecule has 0 spiro atoms. The number of carbonyl (C=O) groups is 3. The average molecular weight is 524 g/mol. The summed E-state index contributed by atoms with van der Waals surface area (Å²) in [5.41, 5.74) is 1.71. The van der Waals surface area contributed by atoms with Crippen molar-refractivity contribution < 1.29 is 14.4 Å². The zero-order valence-corrected chi connectivity index (χ0v) is 23.7. The Kier molecular flexibility index (Phi) is 10.8. The lowest BCUT2D eigenvalue weighted by Crippen LogP contribution is -2.48. The third kappa shape index (κ3) is 7.91. The van der Waals surface area contributed by atoms with Gasteiger partial charge in [-0.15, -0.1) is 0 Å². The van der Waals surface area contributed by atoms with Gasteiger partial charge in [0.05, 0.1) is 12.6 Å². The van der Waals surface area contributed by atoms with Crippen LogP contribution in [0.15, 0.2) is 24.3 Å². The number of piperidine rings is 1. The summed E-state index contributed by atoms with van der Waals surface area (Å²) in [4.78, 5) is 41.3. The van der Waals surface area contributed by atoms with Gasteiger partial charge in [-0.2, -0.15) is 0 Å². The molecule has 38 heavy (non-hydrogen) atoms. The van der Waals surface area contributed by atoms with Gasteiger partial charge in [-0.3, -0.25) is 14.4 Å². The minimum Gasteiger partial charge on any atom is -0.342 e. The molecule has 0 bridgehead atoms. The molecular weight excluding hydrogens is 474 g/mol. The van der Waals surface area contributed by atoms with E-state index in [1.54, 1.807) is 0 Å². The molecule has 0 aromatic heterocycles. The van der Waals surface area contributed by atoms with Crippen LogP contribution < -0.4 is 10.6 Å². The van der Waals surface area contributed by atoms with Crippen LogP contribution in [0.1, 0.15) is 113 Å². The SMILES string of the molecule is CC(C)C(=O)[C@H](NC(=O)c1cccc(C2CCCN(C(=O)CNCC3CCCCC3)C2)c1)C1CCCCC1. The fraction of sp³-hybridized carbons (Fsp3) is 0.719. The van der Waals surface area contributed by atoms with Crippen molar-refractivity contribution in [3.8, 4) is 0 Å². The molecule has 3 aliphatic rings. The lowest BCUT2D eigenvalue weighted by molar-refractivity contribution is -0.131. The summed E-state index contributed by atoms with van der Waals surface area (Å²) in [5.74, 6) is 1.24. The molecule has 2 N–H and O–H groups in total. The maximum Gasteiger partial charge on any atom is 0.251 e. The molecule has 1 aliphatic heterocycles. The molecule has 1 aromatic carbocycles. The van der Waals surface area contributed by atoms with Gasteiger partial charge < -0.3 is 15.5 Å². The number of benzene rings is 1. The van der Waals surface area contributed by atoms with Gasteiger partial charge in [-0.1, -0.05) is 64.5 Å². The third-order valence-electron chi connectivity index (χ3n) is 9.11. The monoisotopic (exact) mass is 523 g/mol. The number of likely N-dealkylation sites (tertiary alicyclic amines) is 1. The quantitative estimate of drug-likeness (QED) is 0.427. The van der Waals surface area contributed by atoms with Gasteiger partial charge in [0.2, 0.25) is 5.91 Å². The Hall–Kier alpha value is -2.21. The van der Waals surface area contributed by atoms with Crippen LogP contribution in [0.2, 0.25) is 0 Å². The summed E-state index contributed by atoms with van der Waals surface area (Å²) in [6, 6.07) is 7.44. The predicted octanol–water partition coefficient (Wildman–Crippen LogP) is 5.47. The summed E-state index contributed by atoms with van der Waals surface area (Å²) >= 11 is 0. The van der Waals surface area contributed by atoms with E-state index < -0.39 is 6.04 Å². The largest absolute Gasteiger partial charge is 0.342 e. The topological polar surface area (TPSA) is 78.5 Å². The van der Waals surface area contributed by atoms with Gasteiger partial charge in [0, 0.05) is 30.5 Å². The van der Waals surface area contributed by atoms with E-state index in [0.717, 1.165) is 57.2 Å². The van der Waals surface area contributed by atoms with Crippen LogP contribution >= 0.6 is 0 Å². The predicted molar refractivity (Wildman–Crippen MR) is 152 cm³/mol. The van der Waals surface area contributed by atoms with E-state index in [0.29, 0.717) is 24.6 Å². The van der Waals surface area contributed by atoms with Crippen molar-refractivity contribution in [2.24, 2.45) is 17.8 Å². The maximum atomic E-state index is 13.3. The summed E-state index contributed by atoms with van der Waals surface area (Å²) in [6.45, 7) is 6.71. The highest BCUT2D eigenvalue weighted by Crippen LogP contribution is 2.30. The van der Waals surface area contributed by atoms with Crippen LogP contribution in [0.25, 0.3) is 0 Å². The van der Waals surface area contributed by atoms with Crippen LogP contribution in [-0.2, 0) is 9.59 Å². The van der Waals surface area contributed by atoms with Crippen LogP contribution in [0.4, 0.5) is 0 Å². The zero-order chi connectivity index (χ0) is 26.9. The Morgan fingerprint density at radius 3 is 2.34 bits per heavy atom. The highest BCUT2D eigenvalue weighted by atomic mass is 16.2. The molecule has 4 rings (SSSR count). The van der Waals surface area contributed by atoms with E-state index in [9.17, 15) is 14.4 Å². The molecule has 2 saturated carbocycles. The Morgan fingerprint density at radius 1 is 0.921 bits per heavy atom. The molecule has 3 fully saturated rings. The van der Waals surface area contributed by atoms with Crippen molar-refractivity contribution in [2.75, 3.05) is 26.2 Å². The molecule has 1 aromatic rings. The van der Waals surface area contributed by atoms with Crippen molar-refractivity contribution in [2.45, 2.75) is 103 Å². The number of ketones is 1. The van der Waals surface area contributed by atoms with Crippen molar-refractivity contribution in [3.05, 3.63) is 35.4 Å². The minimum atomic E-state index is -0.407. The highest BCUT2D eigenvalue weighted by Gasteiger charge is 2.32. The second kappa shape index (κ2) is 14.3. The fourth-order valence-corrected chi connectivity index (χ4v) is 6.77. The lowest BCUT2D eigenvalue weighted by atomic mass is 9.80. The van der Waals surface area contributed by atoms with Crippen molar-refractivity contribution in [1.82, 2.24) is 15.5 Å². The minimum absolute atomic E-state index is 0.100. The number of Topliss-reactive ketones (excluding diaryl/α,β-unsaturated/α-hetero) is 1. The summed E-state index contributed by atoms with van der Waals surface area (Å²) in [7, 11) is 0. The zero-order valence-electron chi connectivity index (χ0n) is 23.7. The highest BCUT2D eigenvalue weighted by molar-refractivity contribution is 5.98. The number of rotatable bonds is 10. The number of amides is 2. The third-order valence-corrected chi connectivity index (χ3v) is 9.11. The number of nitrogens with zero attached hydrogens (tertiary/aromatic N) is 1. The molecule has 210 valence electrons. The van der Waals surface area contributed by atoms with E-state index in [2.05, 4.69) is 16.7 Å². The van der Waals surface area contributed by atoms with Gasteiger partial charge >= 0.3 is 0 Å². The molecule has 6 nitrogen and oxygen atoms in total. The molecule has 2 aliphatic carbocycles. The van der Waals surface area contributed by atoms with Crippen molar-refractivity contribution in [3.63, 3.8) is 0 Å². The molecule has 1 saturated heterocycles. The Labute approximate surface area is 229 Å². The fourth-order valence-electron chi connectivity index (χ4n) is 6.77. The number of nitrogens with one attached hydrogen (secondary N) is 2. The molecule has 0 radical (unpaired) electrons. The normalized spacial score (nSPS) is 22.3. The van der Waals surface area contributed by atoms with E-state index in [4.69, 9.17) is 0 Å². The summed E-state index contributed by atoms with van der Waals surface area (Å²) in [6.07, 6.45) is 14.0. The van der Waals surface area contributed by atoms with E-state index in [1.165, 1.54) is 38.5 Å². The van der Waals surface area contributed by atoms with Gasteiger partial charge in [0.25, 0.3) is 5.91 Å². The standard InChI is InChI=1S/C32H49N3O3/c1-23(2)31(37)30(25-13-7-4-8-14-25)34-32(38)27-16-9-15-26(19-27)28-17-10-18-35(22-28)29(36)21-33-20-24-11-5-3-6-12-24/h9,15-16,19,23-25,28,30,33H,3-8,10-14,17-18,20-22H2,1-2H3,(H,34,38)/t28?,30-/m1/s1. The first-order valence-electron chi connectivity index (χ1n) is 15.4. The van der Waals surface area contributed by atoms with Crippen LogP contribution in [0.5, 0.6) is 0 Å². The molecule has 6 heteroatoms. The number of hydrogen-bond donors (Lipinski definition) is 2. The first kappa shape index (κ1) is 28.8. The van der Waals surface area contributed by atoms with Crippen LogP contribution in [0, 0.1) is 17.8 Å². The van der Waals surface area contributed by atoms with Gasteiger partial charge in [-0.25, -0.2) is 0 Å². The van der Waals surface area contributed by atoms with Gasteiger partial charge in [0.1, 0.15) is 0 Å². The summed E-state index contributed by atoms with van der Waals surface area (Å²) in [5, 5.41) is 6.55. The molecule has 2 atom stereocenters. The van der Waals surface area contributed by atoms with Crippen molar-refractivity contribution >= 4 is 17.6 Å². The summed E-state index contributed by atoms with van der Waals surface area (Å²) < 4.78 is 0. The lowest BCUT2D eigenvalue weighted by Gasteiger charge is -2.33. The second-order valence-corrected chi connectivity index (χ2v) is 12.3. The first-order valence-corrected chi connectivity index (χ1v) is 15.4. The van der Waals surface area contributed by atoms with Crippen molar-refractivity contribution in [1.29, 1.82) is 0 Å². The Balaban J connectivity index is 1.34. The van der Waals surface area contributed by atoms with E-state index in [1.807, 2.05) is 36.9 Å². The number of carbonyl (C=O) groups excluding carboxylic acids is 3. The van der Waals surface area contributed by atoms with Gasteiger partial charge in [0.15, 0.2) is 5.78 Å². The molecule has 2 amide bonds. The first-order chi connectivity index (χ1) is 18.4.